The van der Waals surface area contributed by atoms with Crippen molar-refractivity contribution < 1.29 is 21.1 Å². The zero-order valence-corrected chi connectivity index (χ0v) is 33.5. The van der Waals surface area contributed by atoms with Gasteiger partial charge in [0.15, 0.2) is 0 Å². The van der Waals surface area contributed by atoms with Gasteiger partial charge in [0.05, 0.1) is 18.0 Å². The maximum Gasteiger partial charge on any atom is 2.00 e. The molecule has 6 aromatic carbocycles. The van der Waals surface area contributed by atoms with Crippen molar-refractivity contribution in [3.8, 4) is 28.1 Å². The largest absolute Gasteiger partial charge is 2.00 e. The van der Waals surface area contributed by atoms with Crippen LogP contribution in [0.1, 0.15) is 45.7 Å². The number of rotatable bonds is 6. The van der Waals surface area contributed by atoms with Gasteiger partial charge in [0.25, 0.3) is 0 Å². The first-order valence-corrected chi connectivity index (χ1v) is 18.4. The standard InChI is InChI=1S/C49H42N4.Pt/c1-48(2,3)52-33-51(44-24-13-14-25-45(44)52)38-19-15-18-36(31-38)49(4,5)37-26-27-42-41-22-11-12-23-43(41)53(46(42)32-37)47-30-35(28-29-50-47)40-21-10-9-20-39(40)34-16-7-6-8-17-34;/h6-30H,33H2,1-5H3;/q-2;+2. The van der Waals surface area contributed by atoms with Crippen molar-refractivity contribution in [1.82, 2.24) is 9.55 Å². The van der Waals surface area contributed by atoms with E-state index in [2.05, 4.69) is 207 Å². The van der Waals surface area contributed by atoms with Gasteiger partial charge in [0, 0.05) is 17.3 Å². The number of nitrogens with zero attached hydrogens (tertiary/aromatic N) is 4. The summed E-state index contributed by atoms with van der Waals surface area (Å²) in [7, 11) is 0. The molecule has 9 rings (SSSR count). The van der Waals surface area contributed by atoms with Crippen LogP contribution < -0.4 is 9.80 Å². The summed E-state index contributed by atoms with van der Waals surface area (Å²) in [5.74, 6) is 0.868. The van der Waals surface area contributed by atoms with Crippen LogP contribution in [-0.4, -0.2) is 21.8 Å². The van der Waals surface area contributed by atoms with Gasteiger partial charge in [-0.15, -0.1) is 11.5 Å². The summed E-state index contributed by atoms with van der Waals surface area (Å²) in [5.41, 5.74) is 12.2. The summed E-state index contributed by atoms with van der Waals surface area (Å²) < 4.78 is 2.28. The van der Waals surface area contributed by atoms with Gasteiger partial charge >= 0.3 is 21.1 Å². The zero-order valence-electron chi connectivity index (χ0n) is 31.2. The SMILES string of the molecule is CC(C)(c1[c-]c(N2CN(C(C)(C)C)c3ccccc32)ccc1)c1[c-]c2c(cc1)c1ccccc1n2-c1cc(-c2ccccc2-c2ccccc2)ccn1.[Pt+2]. The second-order valence-corrected chi connectivity index (χ2v) is 15.5. The first-order valence-electron chi connectivity index (χ1n) is 18.4. The van der Waals surface area contributed by atoms with E-state index in [-0.39, 0.29) is 32.0 Å². The van der Waals surface area contributed by atoms with E-state index in [1.54, 1.807) is 0 Å². The third-order valence-corrected chi connectivity index (χ3v) is 10.9. The molecule has 3 heterocycles. The molecule has 0 N–H and O–H groups in total. The van der Waals surface area contributed by atoms with E-state index in [1.165, 1.54) is 33.5 Å². The Labute approximate surface area is 333 Å². The number of anilines is 3. The van der Waals surface area contributed by atoms with Crippen molar-refractivity contribution in [2.45, 2.75) is 45.6 Å². The van der Waals surface area contributed by atoms with E-state index in [1.807, 2.05) is 6.20 Å². The molecule has 0 spiro atoms. The fourth-order valence-electron chi connectivity index (χ4n) is 7.93. The molecule has 268 valence electrons. The number of fused-ring (bicyclic) bond motifs is 4. The zero-order chi connectivity index (χ0) is 36.3. The smallest absolute Gasteiger partial charge is 0.347 e. The van der Waals surface area contributed by atoms with E-state index in [0.717, 1.165) is 51.3 Å². The van der Waals surface area contributed by atoms with Crippen molar-refractivity contribution in [2.75, 3.05) is 16.5 Å². The molecule has 0 aliphatic carbocycles. The predicted octanol–water partition coefficient (Wildman–Crippen LogP) is 12.2. The number of para-hydroxylation sites is 3. The predicted molar refractivity (Wildman–Crippen MR) is 221 cm³/mol. The quantitative estimate of drug-likeness (QED) is 0.156. The second kappa shape index (κ2) is 13.8. The third kappa shape index (κ3) is 6.03. The van der Waals surface area contributed by atoms with E-state index < -0.39 is 0 Å². The Morgan fingerprint density at radius 2 is 1.24 bits per heavy atom. The summed E-state index contributed by atoms with van der Waals surface area (Å²) in [6.07, 6.45) is 1.93. The normalized spacial score (nSPS) is 13.0. The summed E-state index contributed by atoms with van der Waals surface area (Å²) in [6.45, 7) is 12.2. The summed E-state index contributed by atoms with van der Waals surface area (Å²) in [5, 5.41) is 2.34. The van der Waals surface area contributed by atoms with Gasteiger partial charge in [-0.25, -0.2) is 4.98 Å². The third-order valence-electron chi connectivity index (χ3n) is 10.9. The van der Waals surface area contributed by atoms with E-state index in [0.29, 0.717) is 0 Å². The fourth-order valence-corrected chi connectivity index (χ4v) is 7.93. The number of benzene rings is 6. The maximum absolute atomic E-state index is 4.98. The van der Waals surface area contributed by atoms with Gasteiger partial charge < -0.3 is 14.4 Å². The van der Waals surface area contributed by atoms with Gasteiger partial charge in [-0.3, -0.25) is 0 Å². The van der Waals surface area contributed by atoms with Crippen LogP contribution in [0.25, 0.3) is 49.9 Å². The summed E-state index contributed by atoms with van der Waals surface area (Å²) in [4.78, 5) is 9.84. The number of aromatic nitrogens is 2. The minimum absolute atomic E-state index is 0. The monoisotopic (exact) mass is 881 g/mol. The molecule has 8 aromatic rings. The first-order chi connectivity index (χ1) is 25.7. The van der Waals surface area contributed by atoms with Gasteiger partial charge in [-0.1, -0.05) is 110 Å². The molecule has 1 aliphatic rings. The van der Waals surface area contributed by atoms with Crippen LogP contribution >= 0.6 is 0 Å². The molecule has 5 heteroatoms. The Hall–Kier alpha value is -5.44. The van der Waals surface area contributed by atoms with Crippen molar-refractivity contribution in [1.29, 1.82) is 0 Å². The molecule has 0 unspecified atom stereocenters. The minimum Gasteiger partial charge on any atom is -0.347 e. The molecule has 4 nitrogen and oxygen atoms in total. The van der Waals surface area contributed by atoms with Gasteiger partial charge in [0.2, 0.25) is 0 Å². The Kier molecular flexibility index (Phi) is 9.07. The van der Waals surface area contributed by atoms with Crippen LogP contribution in [0.3, 0.4) is 0 Å². The fraction of sp³-hybridized carbons (Fsp3) is 0.163. The van der Waals surface area contributed by atoms with E-state index in [4.69, 9.17) is 4.98 Å². The first kappa shape index (κ1) is 35.6. The number of pyridine rings is 1. The number of hydrogen-bond acceptors (Lipinski definition) is 3. The van der Waals surface area contributed by atoms with Crippen molar-refractivity contribution in [2.24, 2.45) is 0 Å². The molecule has 0 radical (unpaired) electrons. The number of hydrogen-bond donors (Lipinski definition) is 0. The van der Waals surface area contributed by atoms with Gasteiger partial charge in [-0.2, -0.15) is 47.5 Å². The molecule has 1 aliphatic heterocycles. The Bertz CT molecular complexity index is 2630. The maximum atomic E-state index is 4.98. The minimum atomic E-state index is -0.377. The van der Waals surface area contributed by atoms with Crippen molar-refractivity contribution in [3.05, 3.63) is 175 Å². The molecule has 0 bridgehead atoms. The Morgan fingerprint density at radius 1 is 0.574 bits per heavy atom. The van der Waals surface area contributed by atoms with Gasteiger partial charge in [0.1, 0.15) is 5.82 Å². The average Bonchev–Trinajstić information content (AvgIpc) is 3.75. The Morgan fingerprint density at radius 3 is 2.02 bits per heavy atom. The molecular formula is C49H42N4Pt. The summed E-state index contributed by atoms with van der Waals surface area (Å²) in [6, 6.07) is 59.7. The molecular weight excluding hydrogens is 840 g/mol. The van der Waals surface area contributed by atoms with Crippen LogP contribution in [0.5, 0.6) is 0 Å². The second-order valence-electron chi connectivity index (χ2n) is 15.5. The molecule has 54 heavy (non-hydrogen) atoms. The van der Waals surface area contributed by atoms with Crippen molar-refractivity contribution in [3.63, 3.8) is 0 Å². The van der Waals surface area contributed by atoms with Gasteiger partial charge in [-0.05, 0) is 84.2 Å². The summed E-state index contributed by atoms with van der Waals surface area (Å²) >= 11 is 0. The molecule has 0 fully saturated rings. The molecule has 2 aromatic heterocycles. The topological polar surface area (TPSA) is 24.3 Å². The van der Waals surface area contributed by atoms with E-state index in [9.17, 15) is 0 Å². The van der Waals surface area contributed by atoms with Crippen LogP contribution in [0, 0.1) is 12.1 Å². The van der Waals surface area contributed by atoms with Crippen LogP contribution in [0.15, 0.2) is 152 Å². The molecule has 0 saturated heterocycles. The van der Waals surface area contributed by atoms with Crippen LogP contribution in [0.2, 0.25) is 0 Å². The molecule has 0 saturated carbocycles. The van der Waals surface area contributed by atoms with Crippen LogP contribution in [0.4, 0.5) is 17.1 Å². The Balaban J connectivity index is 0.00000413. The average molecular weight is 882 g/mol. The van der Waals surface area contributed by atoms with E-state index >= 15 is 0 Å². The van der Waals surface area contributed by atoms with Crippen LogP contribution in [-0.2, 0) is 26.5 Å². The molecule has 0 atom stereocenters. The molecule has 0 amide bonds. The van der Waals surface area contributed by atoms with Crippen molar-refractivity contribution >= 4 is 38.9 Å².